The van der Waals surface area contributed by atoms with E-state index >= 15 is 0 Å². The Balaban J connectivity index is 2.63. The summed E-state index contributed by atoms with van der Waals surface area (Å²) in [5.74, 6) is 2.89. The molecular weight excluding hydrogens is 212 g/mol. The lowest BCUT2D eigenvalue weighted by atomic mass is 10.4. The first-order valence-corrected chi connectivity index (χ1v) is 6.60. The van der Waals surface area contributed by atoms with Gasteiger partial charge in [-0.25, -0.2) is 0 Å². The molecule has 15 heavy (non-hydrogen) atoms. The van der Waals surface area contributed by atoms with E-state index in [1.807, 2.05) is 0 Å². The van der Waals surface area contributed by atoms with Crippen LogP contribution in [0.1, 0.15) is 26.7 Å². The molecule has 0 aromatic rings. The van der Waals surface area contributed by atoms with E-state index in [2.05, 4.69) is 10.6 Å². The van der Waals surface area contributed by atoms with E-state index in [0.717, 1.165) is 12.8 Å². The number of rotatable bonds is 6. The van der Waals surface area contributed by atoms with Gasteiger partial charge in [-0.15, -0.1) is 6.42 Å². The molecule has 86 valence electrons. The minimum Gasteiger partial charge on any atom is -0.200 e. The molecule has 0 radical (unpaired) electrons. The summed E-state index contributed by atoms with van der Waals surface area (Å²) in [5.41, 5.74) is 0. The Morgan fingerprint density at radius 3 is 2.53 bits per heavy atom. The Labute approximate surface area is 92.2 Å². The Morgan fingerprint density at radius 1 is 1.53 bits per heavy atom. The Morgan fingerprint density at radius 2 is 2.13 bits per heavy atom. The number of hydrogen-bond donors (Lipinski definition) is 1. The summed E-state index contributed by atoms with van der Waals surface area (Å²) < 4.78 is 27.5. The highest BCUT2D eigenvalue weighted by Gasteiger charge is 2.30. The first kappa shape index (κ1) is 12.5. The van der Waals surface area contributed by atoms with Gasteiger partial charge in [0, 0.05) is 12.6 Å². The van der Waals surface area contributed by atoms with Crippen LogP contribution in [-0.2, 0) is 10.2 Å². The molecule has 4 nitrogen and oxygen atoms in total. The molecule has 0 heterocycles. The molecule has 1 saturated carbocycles. The van der Waals surface area contributed by atoms with Gasteiger partial charge in [-0.3, -0.25) is 0 Å². The second-order valence-corrected chi connectivity index (χ2v) is 5.92. The van der Waals surface area contributed by atoms with Crippen molar-refractivity contribution in [1.82, 2.24) is 9.03 Å². The lowest BCUT2D eigenvalue weighted by molar-refractivity contribution is 0.417. The van der Waals surface area contributed by atoms with Crippen molar-refractivity contribution in [3.63, 3.8) is 0 Å². The van der Waals surface area contributed by atoms with Gasteiger partial charge in [0.1, 0.15) is 0 Å². The molecule has 0 atom stereocenters. The van der Waals surface area contributed by atoms with Crippen LogP contribution < -0.4 is 4.72 Å². The molecule has 0 bridgehead atoms. The van der Waals surface area contributed by atoms with Crippen LogP contribution in [0.25, 0.3) is 0 Å². The zero-order chi connectivity index (χ0) is 11.5. The predicted octanol–water partition coefficient (Wildman–Crippen LogP) is 0.574. The van der Waals surface area contributed by atoms with Gasteiger partial charge in [0.2, 0.25) is 0 Å². The first-order valence-electron chi connectivity index (χ1n) is 5.16. The molecule has 1 N–H and O–H groups in total. The summed E-state index contributed by atoms with van der Waals surface area (Å²) in [4.78, 5) is 0. The number of hydrogen-bond acceptors (Lipinski definition) is 2. The average molecular weight is 230 g/mol. The number of nitrogens with zero attached hydrogens (tertiary/aromatic N) is 1. The Kier molecular flexibility index (Phi) is 4.14. The summed E-state index contributed by atoms with van der Waals surface area (Å²) in [7, 11) is -3.40. The van der Waals surface area contributed by atoms with Crippen LogP contribution in [0, 0.1) is 18.3 Å². The normalized spacial score (nSPS) is 17.0. The van der Waals surface area contributed by atoms with E-state index in [1.165, 1.54) is 4.31 Å². The van der Waals surface area contributed by atoms with Gasteiger partial charge in [0.05, 0.1) is 6.54 Å². The maximum atomic E-state index is 11.8. The lowest BCUT2D eigenvalue weighted by Crippen LogP contribution is -2.44. The van der Waals surface area contributed by atoms with Crippen molar-refractivity contribution >= 4 is 10.2 Å². The van der Waals surface area contributed by atoms with Gasteiger partial charge in [0.25, 0.3) is 10.2 Å². The van der Waals surface area contributed by atoms with Crippen molar-refractivity contribution < 1.29 is 8.42 Å². The number of terminal acetylenes is 1. The highest BCUT2D eigenvalue weighted by atomic mass is 32.2. The quantitative estimate of drug-likeness (QED) is 0.678. The van der Waals surface area contributed by atoms with Crippen LogP contribution in [0.4, 0.5) is 0 Å². The molecule has 5 heteroatoms. The largest absolute Gasteiger partial charge is 0.280 e. The van der Waals surface area contributed by atoms with Crippen molar-refractivity contribution in [2.24, 2.45) is 5.92 Å². The van der Waals surface area contributed by atoms with Crippen molar-refractivity contribution in [3.8, 4) is 12.3 Å². The summed E-state index contributed by atoms with van der Waals surface area (Å²) in [6.07, 6.45) is 7.39. The third-order valence-electron chi connectivity index (χ3n) is 2.15. The topological polar surface area (TPSA) is 49.4 Å². The third-order valence-corrected chi connectivity index (χ3v) is 3.88. The fourth-order valence-corrected chi connectivity index (χ4v) is 2.71. The molecule has 0 saturated heterocycles. The molecular formula is C10H18N2O2S. The van der Waals surface area contributed by atoms with E-state index in [1.54, 1.807) is 13.8 Å². The summed E-state index contributed by atoms with van der Waals surface area (Å²) >= 11 is 0. The molecule has 1 aliphatic carbocycles. The minimum atomic E-state index is -3.40. The highest BCUT2D eigenvalue weighted by Crippen LogP contribution is 2.30. The molecule has 0 aliphatic heterocycles. The van der Waals surface area contributed by atoms with E-state index in [4.69, 9.17) is 6.42 Å². The van der Waals surface area contributed by atoms with Crippen LogP contribution >= 0.6 is 0 Å². The van der Waals surface area contributed by atoms with Crippen LogP contribution in [0.5, 0.6) is 0 Å². The van der Waals surface area contributed by atoms with Crippen molar-refractivity contribution in [3.05, 3.63) is 0 Å². The van der Waals surface area contributed by atoms with Crippen molar-refractivity contribution in [1.29, 1.82) is 0 Å². The van der Waals surface area contributed by atoms with Gasteiger partial charge in [-0.05, 0) is 32.6 Å². The monoisotopic (exact) mass is 230 g/mol. The molecule has 1 fully saturated rings. The average Bonchev–Trinajstić information content (AvgIpc) is 2.84. The van der Waals surface area contributed by atoms with Crippen LogP contribution in [0.3, 0.4) is 0 Å². The van der Waals surface area contributed by atoms with E-state index in [0.29, 0.717) is 12.5 Å². The van der Waals surface area contributed by atoms with Crippen LogP contribution in [-0.4, -0.2) is 31.9 Å². The van der Waals surface area contributed by atoms with Gasteiger partial charge >= 0.3 is 0 Å². The maximum absolute atomic E-state index is 11.8. The third kappa shape index (κ3) is 4.20. The van der Waals surface area contributed by atoms with E-state index < -0.39 is 10.2 Å². The fraction of sp³-hybridized carbons (Fsp3) is 0.800. The second kappa shape index (κ2) is 4.97. The van der Waals surface area contributed by atoms with Gasteiger partial charge < -0.3 is 0 Å². The van der Waals surface area contributed by atoms with E-state index in [9.17, 15) is 8.42 Å². The first-order chi connectivity index (χ1) is 6.95. The van der Waals surface area contributed by atoms with E-state index in [-0.39, 0.29) is 12.6 Å². The molecule has 0 spiro atoms. The summed E-state index contributed by atoms with van der Waals surface area (Å²) in [6.45, 7) is 4.29. The van der Waals surface area contributed by atoms with Gasteiger partial charge in [0.15, 0.2) is 0 Å². The SMILES string of the molecule is C#CCN(CC1CC1)S(=O)(=O)NC(C)C. The summed E-state index contributed by atoms with van der Waals surface area (Å²) in [6, 6.07) is -0.102. The molecule has 0 amide bonds. The second-order valence-electron chi connectivity index (χ2n) is 4.22. The van der Waals surface area contributed by atoms with Crippen molar-refractivity contribution in [2.75, 3.05) is 13.1 Å². The zero-order valence-corrected chi connectivity index (χ0v) is 10.0. The zero-order valence-electron chi connectivity index (χ0n) is 9.23. The fourth-order valence-electron chi connectivity index (χ4n) is 1.31. The Hall–Kier alpha value is -0.570. The standard InChI is InChI=1S/C10H18N2O2S/c1-4-7-12(8-10-5-6-10)15(13,14)11-9(2)3/h1,9-11H,5-8H2,2-3H3. The molecule has 0 aromatic carbocycles. The van der Waals surface area contributed by atoms with Crippen LogP contribution in [0.15, 0.2) is 0 Å². The van der Waals surface area contributed by atoms with Gasteiger partial charge in [-0.1, -0.05) is 5.92 Å². The molecule has 0 aromatic heterocycles. The predicted molar refractivity (Wildman–Crippen MR) is 60.3 cm³/mol. The summed E-state index contributed by atoms with van der Waals surface area (Å²) in [5, 5.41) is 0. The highest BCUT2D eigenvalue weighted by molar-refractivity contribution is 7.87. The molecule has 1 rings (SSSR count). The minimum absolute atomic E-state index is 0.102. The van der Waals surface area contributed by atoms with Crippen molar-refractivity contribution in [2.45, 2.75) is 32.7 Å². The lowest BCUT2D eigenvalue weighted by Gasteiger charge is -2.21. The smallest absolute Gasteiger partial charge is 0.200 e. The Bertz CT molecular complexity index is 339. The maximum Gasteiger partial charge on any atom is 0.280 e. The van der Waals surface area contributed by atoms with Crippen LogP contribution in [0.2, 0.25) is 0 Å². The molecule has 0 unspecified atom stereocenters. The van der Waals surface area contributed by atoms with Gasteiger partial charge in [-0.2, -0.15) is 17.4 Å². The number of nitrogens with one attached hydrogen (secondary N) is 1. The molecule has 1 aliphatic rings.